The van der Waals surface area contributed by atoms with Crippen molar-refractivity contribution in [3.8, 4) is 11.5 Å². The highest BCUT2D eigenvalue weighted by Crippen LogP contribution is 2.35. The smallest absolute Gasteiger partial charge is 0.373 e. The van der Waals surface area contributed by atoms with Crippen LogP contribution < -0.4 is 9.47 Å². The van der Waals surface area contributed by atoms with E-state index >= 15 is 0 Å². The summed E-state index contributed by atoms with van der Waals surface area (Å²) in [5.41, 5.74) is 1.06. The van der Waals surface area contributed by atoms with Crippen molar-refractivity contribution in [1.29, 1.82) is 0 Å². The van der Waals surface area contributed by atoms with Crippen molar-refractivity contribution < 1.29 is 23.4 Å². The third-order valence-corrected chi connectivity index (χ3v) is 4.33. The van der Waals surface area contributed by atoms with Crippen molar-refractivity contribution in [1.82, 2.24) is 4.90 Å². The zero-order chi connectivity index (χ0) is 17.8. The fourth-order valence-corrected chi connectivity index (χ4v) is 2.92. The number of carbonyl (C=O) groups is 1. The van der Waals surface area contributed by atoms with E-state index in [-0.39, 0.29) is 5.76 Å². The van der Waals surface area contributed by atoms with Crippen LogP contribution in [0, 0.1) is 0 Å². The van der Waals surface area contributed by atoms with Gasteiger partial charge in [-0.15, -0.1) is 0 Å². The van der Waals surface area contributed by atoms with Gasteiger partial charge in [-0.05, 0) is 31.0 Å². The Morgan fingerprint density at radius 2 is 1.92 bits per heavy atom. The molecule has 0 spiro atoms. The number of carbonyl (C=O) groups excluding carboxylic acids is 1. The number of hydrogen-bond donors (Lipinski definition) is 0. The maximum absolute atomic E-state index is 11.5. The van der Waals surface area contributed by atoms with E-state index < -0.39 is 5.97 Å². The van der Waals surface area contributed by atoms with Crippen molar-refractivity contribution in [3.05, 3.63) is 47.4 Å². The standard InChI is InChI=1S/C19H23NO5/c1-22-16-6-4-5-13(18(16)23-2)11-20(14-7-8-14)12-15-9-10-17(25-15)19(21)24-3/h4-6,9-10,14H,7-8,11-12H2,1-3H3. The molecule has 6 heteroatoms. The van der Waals surface area contributed by atoms with Crippen LogP contribution in [0.15, 0.2) is 34.7 Å². The molecule has 0 radical (unpaired) electrons. The number of methoxy groups -OCH3 is 3. The van der Waals surface area contributed by atoms with Gasteiger partial charge in [0.1, 0.15) is 5.76 Å². The molecule has 0 unspecified atom stereocenters. The van der Waals surface area contributed by atoms with Gasteiger partial charge in [0.25, 0.3) is 0 Å². The molecule has 25 heavy (non-hydrogen) atoms. The number of hydrogen-bond acceptors (Lipinski definition) is 6. The van der Waals surface area contributed by atoms with E-state index in [1.54, 1.807) is 20.3 Å². The summed E-state index contributed by atoms with van der Waals surface area (Å²) in [6, 6.07) is 9.88. The van der Waals surface area contributed by atoms with Gasteiger partial charge in [0.05, 0.1) is 27.9 Å². The number of furan rings is 1. The molecule has 2 aromatic rings. The third-order valence-electron chi connectivity index (χ3n) is 4.33. The van der Waals surface area contributed by atoms with Gasteiger partial charge in [0.15, 0.2) is 11.5 Å². The first-order valence-corrected chi connectivity index (χ1v) is 8.27. The molecule has 0 saturated heterocycles. The summed E-state index contributed by atoms with van der Waals surface area (Å²) in [4.78, 5) is 13.9. The van der Waals surface area contributed by atoms with Crippen LogP contribution in [0.5, 0.6) is 11.5 Å². The first kappa shape index (κ1) is 17.4. The minimum atomic E-state index is -0.460. The lowest BCUT2D eigenvalue weighted by atomic mass is 10.1. The van der Waals surface area contributed by atoms with Crippen molar-refractivity contribution in [2.75, 3.05) is 21.3 Å². The lowest BCUT2D eigenvalue weighted by Crippen LogP contribution is -2.25. The van der Waals surface area contributed by atoms with Crippen molar-refractivity contribution >= 4 is 5.97 Å². The van der Waals surface area contributed by atoms with E-state index in [2.05, 4.69) is 9.64 Å². The molecule has 1 saturated carbocycles. The highest BCUT2D eigenvalue weighted by Gasteiger charge is 2.30. The Balaban J connectivity index is 1.77. The van der Waals surface area contributed by atoms with Crippen molar-refractivity contribution in [3.63, 3.8) is 0 Å². The molecule has 1 aliphatic rings. The van der Waals surface area contributed by atoms with Crippen LogP contribution in [0.3, 0.4) is 0 Å². The van der Waals surface area contributed by atoms with Gasteiger partial charge in [-0.25, -0.2) is 4.79 Å². The number of rotatable bonds is 8. The summed E-state index contributed by atoms with van der Waals surface area (Å²) in [5.74, 6) is 1.99. The molecule has 1 aromatic carbocycles. The fraction of sp³-hybridized carbons (Fsp3) is 0.421. The van der Waals surface area contributed by atoms with Crippen LogP contribution in [0.1, 0.15) is 34.7 Å². The second-order valence-electron chi connectivity index (χ2n) is 6.05. The van der Waals surface area contributed by atoms with Crippen LogP contribution in [-0.2, 0) is 17.8 Å². The minimum absolute atomic E-state index is 0.229. The summed E-state index contributed by atoms with van der Waals surface area (Å²) in [7, 11) is 4.63. The molecule has 0 bridgehead atoms. The zero-order valence-electron chi connectivity index (χ0n) is 14.8. The fourth-order valence-electron chi connectivity index (χ4n) is 2.92. The number of nitrogens with zero attached hydrogens (tertiary/aromatic N) is 1. The van der Waals surface area contributed by atoms with Gasteiger partial charge in [-0.2, -0.15) is 0 Å². The third kappa shape index (κ3) is 3.96. The lowest BCUT2D eigenvalue weighted by molar-refractivity contribution is 0.0560. The number of esters is 1. The van der Waals surface area contributed by atoms with Crippen LogP contribution in [0.4, 0.5) is 0 Å². The van der Waals surface area contributed by atoms with Gasteiger partial charge in [0, 0.05) is 18.2 Å². The molecule has 0 aliphatic heterocycles. The molecule has 6 nitrogen and oxygen atoms in total. The molecule has 1 aromatic heterocycles. The van der Waals surface area contributed by atoms with E-state index in [1.165, 1.54) is 7.11 Å². The molecule has 1 aliphatic carbocycles. The van der Waals surface area contributed by atoms with E-state index in [0.717, 1.165) is 42.2 Å². The summed E-state index contributed by atoms with van der Waals surface area (Å²) >= 11 is 0. The zero-order valence-corrected chi connectivity index (χ0v) is 14.8. The predicted molar refractivity (Wildman–Crippen MR) is 91.9 cm³/mol. The lowest BCUT2D eigenvalue weighted by Gasteiger charge is -2.22. The van der Waals surface area contributed by atoms with Crippen molar-refractivity contribution in [2.45, 2.75) is 32.0 Å². The van der Waals surface area contributed by atoms with Crippen LogP contribution in [0.25, 0.3) is 0 Å². The summed E-state index contributed by atoms with van der Waals surface area (Å²) < 4.78 is 21.2. The Hall–Kier alpha value is -2.47. The van der Waals surface area contributed by atoms with E-state index in [9.17, 15) is 4.79 Å². The quantitative estimate of drug-likeness (QED) is 0.685. The SMILES string of the molecule is COC(=O)c1ccc(CN(Cc2cccc(OC)c2OC)C2CC2)o1. The van der Waals surface area contributed by atoms with E-state index in [4.69, 9.17) is 13.9 Å². The van der Waals surface area contributed by atoms with Crippen LogP contribution >= 0.6 is 0 Å². The average molecular weight is 345 g/mol. The Bertz CT molecular complexity index is 735. The first-order chi connectivity index (χ1) is 12.2. The second-order valence-corrected chi connectivity index (χ2v) is 6.05. The molecule has 1 heterocycles. The van der Waals surface area contributed by atoms with Crippen LogP contribution in [-0.4, -0.2) is 38.2 Å². The molecule has 0 amide bonds. The molecular weight excluding hydrogens is 322 g/mol. The molecule has 134 valence electrons. The average Bonchev–Trinajstić information content (AvgIpc) is 3.39. The molecular formula is C19H23NO5. The van der Waals surface area contributed by atoms with E-state index in [1.807, 2.05) is 24.3 Å². The van der Waals surface area contributed by atoms with Gasteiger partial charge in [-0.1, -0.05) is 12.1 Å². The highest BCUT2D eigenvalue weighted by molar-refractivity contribution is 5.86. The molecule has 1 fully saturated rings. The monoisotopic (exact) mass is 345 g/mol. The second kappa shape index (κ2) is 7.61. The van der Waals surface area contributed by atoms with E-state index in [0.29, 0.717) is 12.6 Å². The Morgan fingerprint density at radius 3 is 2.56 bits per heavy atom. The maximum Gasteiger partial charge on any atom is 0.373 e. The highest BCUT2D eigenvalue weighted by atomic mass is 16.5. The van der Waals surface area contributed by atoms with Gasteiger partial charge in [0.2, 0.25) is 5.76 Å². The first-order valence-electron chi connectivity index (χ1n) is 8.27. The maximum atomic E-state index is 11.5. The Labute approximate surface area is 147 Å². The topological polar surface area (TPSA) is 61.1 Å². The van der Waals surface area contributed by atoms with Gasteiger partial charge < -0.3 is 18.6 Å². The molecule has 0 atom stereocenters. The molecule has 3 rings (SSSR count). The minimum Gasteiger partial charge on any atom is -0.493 e. The van der Waals surface area contributed by atoms with Crippen LogP contribution in [0.2, 0.25) is 0 Å². The van der Waals surface area contributed by atoms with Crippen molar-refractivity contribution in [2.24, 2.45) is 0 Å². The number of ether oxygens (including phenoxy) is 3. The Morgan fingerprint density at radius 1 is 1.12 bits per heavy atom. The Kier molecular flexibility index (Phi) is 5.28. The molecule has 0 N–H and O–H groups in total. The van der Waals surface area contributed by atoms with Gasteiger partial charge in [-0.3, -0.25) is 4.90 Å². The number of para-hydroxylation sites is 1. The largest absolute Gasteiger partial charge is 0.493 e. The normalized spacial score (nSPS) is 13.8. The summed E-state index contributed by atoms with van der Waals surface area (Å²) in [6.45, 7) is 1.35. The summed E-state index contributed by atoms with van der Waals surface area (Å²) in [6.07, 6.45) is 2.33. The summed E-state index contributed by atoms with van der Waals surface area (Å²) in [5, 5.41) is 0. The van der Waals surface area contributed by atoms with Gasteiger partial charge >= 0.3 is 5.97 Å². The number of benzene rings is 1. The predicted octanol–water partition coefficient (Wildman–Crippen LogP) is 3.25.